The molecule has 0 saturated carbocycles. The summed E-state index contributed by atoms with van der Waals surface area (Å²) in [5, 5.41) is 0. The summed E-state index contributed by atoms with van der Waals surface area (Å²) in [4.78, 5) is 28.1. The molecule has 1 fully saturated rings. The normalized spacial score (nSPS) is 19.2. The summed E-state index contributed by atoms with van der Waals surface area (Å²) in [7, 11) is 1.55. The molecule has 8 heteroatoms. The third-order valence-electron chi connectivity index (χ3n) is 7.23. The van der Waals surface area contributed by atoms with Crippen molar-refractivity contribution in [3.63, 3.8) is 0 Å². The fourth-order valence-corrected chi connectivity index (χ4v) is 6.53. The number of hydrogen-bond acceptors (Lipinski definition) is 2. The lowest BCUT2D eigenvalue weighted by Gasteiger charge is -2.42. The first-order chi connectivity index (χ1) is 16.0. The number of ketones is 1. The van der Waals surface area contributed by atoms with Crippen molar-refractivity contribution in [2.75, 3.05) is 20.1 Å². The van der Waals surface area contributed by atoms with Gasteiger partial charge >= 0.3 is 12.2 Å². The van der Waals surface area contributed by atoms with Crippen molar-refractivity contribution in [2.45, 2.75) is 56.7 Å². The zero-order chi connectivity index (χ0) is 24.7. The Hall–Kier alpha value is -2.35. The summed E-state index contributed by atoms with van der Waals surface area (Å²) < 4.78 is 41.1. The number of piperidine rings is 1. The van der Waals surface area contributed by atoms with Gasteiger partial charge in [-0.25, -0.2) is 4.79 Å². The molecule has 1 heterocycles. The van der Waals surface area contributed by atoms with Crippen LogP contribution in [-0.2, 0) is 22.9 Å². The van der Waals surface area contributed by atoms with Gasteiger partial charge in [-0.1, -0.05) is 46.3 Å². The number of amides is 2. The molecule has 0 bridgehead atoms. The van der Waals surface area contributed by atoms with E-state index in [1.165, 1.54) is 28.2 Å². The minimum absolute atomic E-state index is 0.0834. The maximum atomic E-state index is 13.3. The van der Waals surface area contributed by atoms with Crippen LogP contribution in [0.1, 0.15) is 60.8 Å². The van der Waals surface area contributed by atoms with E-state index in [0.717, 1.165) is 29.8 Å². The first-order valence-corrected chi connectivity index (χ1v) is 12.2. The van der Waals surface area contributed by atoms with Crippen LogP contribution in [0.3, 0.4) is 0 Å². The van der Waals surface area contributed by atoms with Crippen molar-refractivity contribution in [3.05, 3.63) is 69.2 Å². The fourth-order valence-electron chi connectivity index (χ4n) is 5.73. The Balaban J connectivity index is 1.47. The maximum Gasteiger partial charge on any atom is 0.416 e. The van der Waals surface area contributed by atoms with E-state index in [9.17, 15) is 22.8 Å². The number of hydrogen-bond donors (Lipinski definition) is 0. The number of carbonyl (C=O) groups excluding carboxylic acids is 2. The quantitative estimate of drug-likeness (QED) is 0.446. The highest BCUT2D eigenvalue weighted by Gasteiger charge is 2.47. The molecule has 2 aliphatic rings. The molecule has 4 rings (SSSR count). The molecule has 34 heavy (non-hydrogen) atoms. The van der Waals surface area contributed by atoms with E-state index in [1.54, 1.807) is 24.9 Å². The van der Waals surface area contributed by atoms with E-state index in [0.29, 0.717) is 19.5 Å². The van der Waals surface area contributed by atoms with Gasteiger partial charge in [0.1, 0.15) is 5.78 Å². The third kappa shape index (κ3) is 4.74. The lowest BCUT2D eigenvalue weighted by Crippen LogP contribution is -2.48. The minimum atomic E-state index is -4.46. The average Bonchev–Trinajstić information content (AvgIpc) is 3.06. The van der Waals surface area contributed by atoms with E-state index in [4.69, 9.17) is 0 Å². The number of halogens is 4. The van der Waals surface area contributed by atoms with E-state index in [2.05, 4.69) is 22.0 Å². The molecule has 0 aromatic heterocycles. The molecule has 1 saturated heterocycles. The first kappa shape index (κ1) is 24.8. The predicted octanol–water partition coefficient (Wildman–Crippen LogP) is 6.52. The molecule has 1 spiro atoms. The molecule has 0 radical (unpaired) electrons. The smallest absolute Gasteiger partial charge is 0.325 e. The number of alkyl halides is 3. The van der Waals surface area contributed by atoms with Crippen LogP contribution in [0.25, 0.3) is 0 Å². The Labute approximate surface area is 206 Å². The van der Waals surface area contributed by atoms with Gasteiger partial charge < -0.3 is 14.6 Å². The van der Waals surface area contributed by atoms with Gasteiger partial charge in [0.15, 0.2) is 0 Å². The van der Waals surface area contributed by atoms with Crippen molar-refractivity contribution in [1.82, 2.24) is 9.80 Å². The number of carbonyl (C=O) groups is 2. The molecule has 2 aromatic carbocycles. The molecule has 4 nitrogen and oxygen atoms in total. The Morgan fingerprint density at radius 2 is 1.79 bits per heavy atom. The Morgan fingerprint density at radius 3 is 2.44 bits per heavy atom. The van der Waals surface area contributed by atoms with Crippen LogP contribution in [0, 0.1) is 0 Å². The lowest BCUT2D eigenvalue weighted by molar-refractivity contribution is -0.138. The van der Waals surface area contributed by atoms with Crippen LogP contribution < -0.4 is 0 Å². The number of Topliss-reactive ketones (excluding diaryl/α,β-unsaturated/α-hetero) is 1. The Bertz CT molecular complexity index is 1090. The second kappa shape index (κ2) is 9.36. The van der Waals surface area contributed by atoms with Crippen LogP contribution in [-0.4, -0.2) is 41.8 Å². The number of fused-ring (bicyclic) bond motifs is 2. The zero-order valence-corrected chi connectivity index (χ0v) is 20.9. The summed E-state index contributed by atoms with van der Waals surface area (Å²) in [5.41, 5.74) is 1.73. The number of urea groups is 1. The van der Waals surface area contributed by atoms with E-state index < -0.39 is 11.7 Å². The summed E-state index contributed by atoms with van der Waals surface area (Å²) >= 11 is 3.71. The van der Waals surface area contributed by atoms with Crippen LogP contribution in [0.15, 0.2) is 46.9 Å². The Morgan fingerprint density at radius 1 is 1.12 bits per heavy atom. The van der Waals surface area contributed by atoms with Gasteiger partial charge in [-0.3, -0.25) is 0 Å². The van der Waals surface area contributed by atoms with Crippen molar-refractivity contribution in [2.24, 2.45) is 0 Å². The number of likely N-dealkylation sites (tertiary alicyclic amines) is 1. The van der Waals surface area contributed by atoms with E-state index in [1.807, 2.05) is 12.1 Å². The largest absolute Gasteiger partial charge is 0.416 e. The summed E-state index contributed by atoms with van der Waals surface area (Å²) in [6.07, 6.45) is -1.56. The number of nitrogens with zero attached hydrogens (tertiary/aromatic N) is 2. The SMILES string of the molecule is CC(=O)CC1CC2(CCN(C(=O)N(C)Cc3ccccc3C(F)(F)F)CC2)c2c(Br)cccc21. The molecule has 2 amide bonds. The van der Waals surface area contributed by atoms with Gasteiger partial charge in [-0.2, -0.15) is 13.2 Å². The van der Waals surface area contributed by atoms with Gasteiger partial charge in [0, 0.05) is 43.0 Å². The summed E-state index contributed by atoms with van der Waals surface area (Å²) in [6.45, 7) is 2.57. The summed E-state index contributed by atoms with van der Waals surface area (Å²) in [5.74, 6) is 0.343. The summed E-state index contributed by atoms with van der Waals surface area (Å²) in [6, 6.07) is 11.2. The molecule has 1 aliphatic heterocycles. The van der Waals surface area contributed by atoms with Gasteiger partial charge in [-0.15, -0.1) is 0 Å². The standard InChI is InChI=1S/C26H28BrF3N2O2/c1-17(33)14-19-15-25(23-20(19)7-5-9-22(23)27)10-12-32(13-11-25)24(34)31(2)16-18-6-3-4-8-21(18)26(28,29)30/h3-9,19H,10-16H2,1-2H3. The highest BCUT2D eigenvalue weighted by Crippen LogP contribution is 2.55. The van der Waals surface area contributed by atoms with Crippen LogP contribution in [0.4, 0.5) is 18.0 Å². The molecule has 0 N–H and O–H groups in total. The molecule has 1 aliphatic carbocycles. The van der Waals surface area contributed by atoms with E-state index >= 15 is 0 Å². The van der Waals surface area contributed by atoms with Crippen LogP contribution >= 0.6 is 15.9 Å². The Kier molecular flexibility index (Phi) is 6.82. The molecule has 2 aromatic rings. The van der Waals surface area contributed by atoms with Gasteiger partial charge in [-0.05, 0) is 60.9 Å². The molecule has 1 atom stereocenters. The second-order valence-corrected chi connectivity index (χ2v) is 10.4. The van der Waals surface area contributed by atoms with E-state index in [-0.39, 0.29) is 35.3 Å². The molecule has 182 valence electrons. The molecule has 1 unspecified atom stereocenters. The monoisotopic (exact) mass is 536 g/mol. The van der Waals surface area contributed by atoms with Gasteiger partial charge in [0.25, 0.3) is 0 Å². The van der Waals surface area contributed by atoms with Crippen LogP contribution in [0.2, 0.25) is 0 Å². The topological polar surface area (TPSA) is 40.6 Å². The highest BCUT2D eigenvalue weighted by molar-refractivity contribution is 9.10. The predicted molar refractivity (Wildman–Crippen MR) is 128 cm³/mol. The second-order valence-electron chi connectivity index (χ2n) is 9.57. The minimum Gasteiger partial charge on any atom is -0.325 e. The van der Waals surface area contributed by atoms with Gasteiger partial charge in [0.2, 0.25) is 0 Å². The zero-order valence-electron chi connectivity index (χ0n) is 19.3. The van der Waals surface area contributed by atoms with Crippen molar-refractivity contribution in [3.8, 4) is 0 Å². The van der Waals surface area contributed by atoms with Crippen LogP contribution in [0.5, 0.6) is 0 Å². The van der Waals surface area contributed by atoms with Crippen molar-refractivity contribution < 1.29 is 22.8 Å². The van der Waals surface area contributed by atoms with Crippen molar-refractivity contribution >= 4 is 27.7 Å². The first-order valence-electron chi connectivity index (χ1n) is 11.5. The van der Waals surface area contributed by atoms with Gasteiger partial charge in [0.05, 0.1) is 5.56 Å². The fraction of sp³-hybridized carbons (Fsp3) is 0.462. The highest BCUT2D eigenvalue weighted by atomic mass is 79.9. The third-order valence-corrected chi connectivity index (χ3v) is 7.90. The molecular weight excluding hydrogens is 509 g/mol. The lowest BCUT2D eigenvalue weighted by atomic mass is 9.73. The maximum absolute atomic E-state index is 13.3. The number of rotatable bonds is 4. The average molecular weight is 537 g/mol. The molecular formula is C26H28BrF3N2O2. The van der Waals surface area contributed by atoms with Crippen molar-refractivity contribution in [1.29, 1.82) is 0 Å². The number of benzene rings is 2.